The number of carbonyl (C=O) groups is 1. The highest BCUT2D eigenvalue weighted by atomic mass is 32.2. The monoisotopic (exact) mass is 493 g/mol. The summed E-state index contributed by atoms with van der Waals surface area (Å²) in [6.45, 7) is 2.09. The van der Waals surface area contributed by atoms with Crippen LogP contribution in [0, 0.1) is 11.3 Å². The number of nitriles is 1. The first kappa shape index (κ1) is 25.7. The van der Waals surface area contributed by atoms with Crippen molar-refractivity contribution in [2.75, 3.05) is 25.6 Å². The maximum absolute atomic E-state index is 12.7. The Morgan fingerprint density at radius 3 is 2.40 bits per heavy atom. The summed E-state index contributed by atoms with van der Waals surface area (Å²) in [7, 11) is -2.35. The van der Waals surface area contributed by atoms with Crippen LogP contribution < -0.4 is 14.8 Å². The number of hydrogen-bond acceptors (Lipinski definition) is 7. The Morgan fingerprint density at radius 1 is 1.06 bits per heavy atom. The van der Waals surface area contributed by atoms with Gasteiger partial charge in [-0.1, -0.05) is 31.2 Å². The average molecular weight is 494 g/mol. The Hall–Kier alpha value is -3.87. The highest BCUT2D eigenvalue weighted by molar-refractivity contribution is 7.89. The van der Waals surface area contributed by atoms with Gasteiger partial charge in [-0.25, -0.2) is 17.9 Å². The van der Waals surface area contributed by atoms with E-state index < -0.39 is 22.0 Å². The first-order valence-electron chi connectivity index (χ1n) is 11.0. The van der Waals surface area contributed by atoms with Crippen molar-refractivity contribution in [2.45, 2.75) is 24.3 Å². The van der Waals surface area contributed by atoms with E-state index in [2.05, 4.69) is 16.1 Å². The highest BCUT2D eigenvalue weighted by Crippen LogP contribution is 2.31. The summed E-state index contributed by atoms with van der Waals surface area (Å²) < 4.78 is 38.3. The number of anilines is 1. The normalized spacial score (nSPS) is 11.8. The second kappa shape index (κ2) is 12.0. The number of rotatable bonds is 11. The number of hydrogen-bond donors (Lipinski definition) is 2. The van der Waals surface area contributed by atoms with Crippen molar-refractivity contribution in [3.63, 3.8) is 0 Å². The van der Waals surface area contributed by atoms with Gasteiger partial charge in [0.2, 0.25) is 10.0 Å². The van der Waals surface area contributed by atoms with Crippen molar-refractivity contribution < 1.29 is 22.7 Å². The number of aryl methyl sites for hydroxylation is 1. The van der Waals surface area contributed by atoms with Gasteiger partial charge in [0.15, 0.2) is 6.04 Å². The molecule has 0 aliphatic heterocycles. The fraction of sp³-hybridized carbons (Fsp3) is 0.231. The third-order valence-corrected chi connectivity index (χ3v) is 6.74. The lowest BCUT2D eigenvalue weighted by atomic mass is 10.0. The molecule has 0 aliphatic rings. The second-order valence-corrected chi connectivity index (χ2v) is 9.34. The van der Waals surface area contributed by atoms with Gasteiger partial charge in [-0.3, -0.25) is 0 Å². The third-order valence-electron chi connectivity index (χ3n) is 5.26. The minimum absolute atomic E-state index is 0.0398. The lowest BCUT2D eigenvalue weighted by Crippen LogP contribution is -2.29. The maximum Gasteiger partial charge on any atom is 0.333 e. The van der Waals surface area contributed by atoms with Gasteiger partial charge in [0.25, 0.3) is 0 Å². The highest BCUT2D eigenvalue weighted by Gasteiger charge is 2.25. The molecule has 0 saturated heterocycles. The summed E-state index contributed by atoms with van der Waals surface area (Å²) in [6, 6.07) is 21.5. The Kier molecular flexibility index (Phi) is 8.84. The van der Waals surface area contributed by atoms with E-state index in [-0.39, 0.29) is 18.0 Å². The molecule has 3 aromatic rings. The van der Waals surface area contributed by atoms with E-state index in [1.807, 2.05) is 19.1 Å². The fourth-order valence-electron chi connectivity index (χ4n) is 3.38. The molecular weight excluding hydrogens is 466 g/mol. The van der Waals surface area contributed by atoms with Crippen molar-refractivity contribution in [1.29, 1.82) is 5.26 Å². The minimum atomic E-state index is -3.66. The van der Waals surface area contributed by atoms with Crippen LogP contribution in [0.2, 0.25) is 0 Å². The molecule has 0 radical (unpaired) electrons. The SMILES string of the molecule is CCc1ccc(OCCNS(=O)(=O)c2ccccc2)c(C(Nc2ccc(C#N)cc2)C(=O)OC)c1. The molecule has 2 N–H and O–H groups in total. The van der Waals surface area contributed by atoms with E-state index >= 15 is 0 Å². The van der Waals surface area contributed by atoms with Crippen molar-refractivity contribution >= 4 is 21.7 Å². The Morgan fingerprint density at radius 2 is 1.77 bits per heavy atom. The van der Waals surface area contributed by atoms with E-state index in [0.29, 0.717) is 22.6 Å². The molecule has 1 atom stereocenters. The molecule has 182 valence electrons. The fourth-order valence-corrected chi connectivity index (χ4v) is 4.42. The number of esters is 1. The molecule has 0 aliphatic carbocycles. The van der Waals surface area contributed by atoms with E-state index in [4.69, 9.17) is 14.7 Å². The van der Waals surface area contributed by atoms with Crippen molar-refractivity contribution in [1.82, 2.24) is 4.72 Å². The van der Waals surface area contributed by atoms with Crippen molar-refractivity contribution in [3.8, 4) is 11.8 Å². The maximum atomic E-state index is 12.7. The number of nitrogens with zero attached hydrogens (tertiary/aromatic N) is 1. The zero-order valence-corrected chi connectivity index (χ0v) is 20.3. The molecule has 0 aromatic heterocycles. The summed E-state index contributed by atoms with van der Waals surface area (Å²) in [5, 5.41) is 12.2. The number of benzene rings is 3. The Bertz CT molecular complexity index is 1290. The standard InChI is InChI=1S/C26H27N3O5S/c1-3-19-11-14-24(34-16-15-28-35(31,32)22-7-5-4-6-8-22)23(17-19)25(26(30)33-2)29-21-12-9-20(18-27)10-13-21/h4-14,17,25,28-29H,3,15-16H2,1-2H3. The molecule has 35 heavy (non-hydrogen) atoms. The molecule has 0 fully saturated rings. The number of ether oxygens (including phenoxy) is 2. The summed E-state index contributed by atoms with van der Waals surface area (Å²) in [5.74, 6) is -0.0881. The largest absolute Gasteiger partial charge is 0.492 e. The van der Waals surface area contributed by atoms with Crippen LogP contribution in [0.1, 0.15) is 29.7 Å². The molecule has 0 spiro atoms. The van der Waals surface area contributed by atoms with Crippen LogP contribution in [0.5, 0.6) is 5.75 Å². The molecule has 8 nitrogen and oxygen atoms in total. The van der Waals surface area contributed by atoms with Gasteiger partial charge in [0.05, 0.1) is 23.6 Å². The molecule has 3 aromatic carbocycles. The Balaban J connectivity index is 1.79. The van der Waals surface area contributed by atoms with Crippen molar-refractivity contribution in [3.05, 3.63) is 89.5 Å². The zero-order chi connectivity index (χ0) is 25.3. The smallest absolute Gasteiger partial charge is 0.333 e. The van der Waals surface area contributed by atoms with Crippen LogP contribution >= 0.6 is 0 Å². The lowest BCUT2D eigenvalue weighted by molar-refractivity contribution is -0.141. The summed E-state index contributed by atoms with van der Waals surface area (Å²) in [6.07, 6.45) is 0.745. The third kappa shape index (κ3) is 6.82. The van der Waals surface area contributed by atoms with Crippen LogP contribution in [0.15, 0.2) is 77.7 Å². The number of methoxy groups -OCH3 is 1. The number of carbonyl (C=O) groups excluding carboxylic acids is 1. The van der Waals surface area contributed by atoms with Crippen LogP contribution in [-0.2, 0) is 26.0 Å². The quantitative estimate of drug-likeness (QED) is 0.308. The first-order chi connectivity index (χ1) is 16.9. The lowest BCUT2D eigenvalue weighted by Gasteiger charge is -2.22. The van der Waals surface area contributed by atoms with Gasteiger partial charge in [0.1, 0.15) is 12.4 Å². The topological polar surface area (TPSA) is 118 Å². The summed E-state index contributed by atoms with van der Waals surface area (Å²) in [4.78, 5) is 12.9. The van der Waals surface area contributed by atoms with E-state index in [1.54, 1.807) is 48.5 Å². The molecule has 1 unspecified atom stereocenters. The molecule has 9 heteroatoms. The molecule has 0 bridgehead atoms. The molecular formula is C26H27N3O5S. The summed E-state index contributed by atoms with van der Waals surface area (Å²) >= 11 is 0. The van der Waals surface area contributed by atoms with Crippen LogP contribution in [0.4, 0.5) is 5.69 Å². The van der Waals surface area contributed by atoms with E-state index in [0.717, 1.165) is 12.0 Å². The van der Waals surface area contributed by atoms with Gasteiger partial charge >= 0.3 is 5.97 Å². The molecule has 0 saturated carbocycles. The summed E-state index contributed by atoms with van der Waals surface area (Å²) in [5.41, 5.74) is 2.68. The minimum Gasteiger partial charge on any atom is -0.492 e. The zero-order valence-electron chi connectivity index (χ0n) is 19.5. The van der Waals surface area contributed by atoms with E-state index in [1.165, 1.54) is 19.2 Å². The van der Waals surface area contributed by atoms with Crippen LogP contribution in [-0.4, -0.2) is 34.6 Å². The van der Waals surface area contributed by atoms with Gasteiger partial charge in [-0.2, -0.15) is 5.26 Å². The first-order valence-corrected chi connectivity index (χ1v) is 12.5. The van der Waals surface area contributed by atoms with Crippen molar-refractivity contribution in [2.24, 2.45) is 0 Å². The number of nitrogens with one attached hydrogen (secondary N) is 2. The predicted molar refractivity (Wildman–Crippen MR) is 132 cm³/mol. The predicted octanol–water partition coefficient (Wildman–Crippen LogP) is 3.80. The van der Waals surface area contributed by atoms with Crippen LogP contribution in [0.25, 0.3) is 0 Å². The molecule has 0 heterocycles. The van der Waals surface area contributed by atoms with Gasteiger partial charge in [-0.15, -0.1) is 0 Å². The van der Waals surface area contributed by atoms with Gasteiger partial charge in [-0.05, 0) is 60.5 Å². The second-order valence-electron chi connectivity index (χ2n) is 7.57. The van der Waals surface area contributed by atoms with Gasteiger partial charge in [0, 0.05) is 17.8 Å². The van der Waals surface area contributed by atoms with E-state index in [9.17, 15) is 13.2 Å². The van der Waals surface area contributed by atoms with Crippen LogP contribution in [0.3, 0.4) is 0 Å². The molecule has 0 amide bonds. The van der Waals surface area contributed by atoms with Gasteiger partial charge < -0.3 is 14.8 Å². The Labute approximate surface area is 205 Å². The number of sulfonamides is 1. The molecule has 3 rings (SSSR count). The average Bonchev–Trinajstić information content (AvgIpc) is 2.90.